The van der Waals surface area contributed by atoms with E-state index < -0.39 is 0 Å². The van der Waals surface area contributed by atoms with Crippen molar-refractivity contribution in [2.45, 2.75) is 59.3 Å². The monoisotopic (exact) mass is 412 g/mol. The Hall–Kier alpha value is -2.83. The zero-order valence-corrected chi connectivity index (χ0v) is 19.6. The zero-order valence-electron chi connectivity index (χ0n) is 19.6. The van der Waals surface area contributed by atoms with Crippen LogP contribution in [0.25, 0.3) is 5.57 Å². The van der Waals surface area contributed by atoms with E-state index in [4.69, 9.17) is 4.99 Å². The largest absolute Gasteiger partial charge is 0.383 e. The lowest BCUT2D eigenvalue weighted by Crippen LogP contribution is -2.23. The van der Waals surface area contributed by atoms with Crippen LogP contribution in [0.2, 0.25) is 0 Å². The van der Waals surface area contributed by atoms with Gasteiger partial charge in [-0.25, -0.2) is 0 Å². The van der Waals surface area contributed by atoms with Crippen LogP contribution in [0, 0.1) is 5.92 Å². The molecule has 0 saturated carbocycles. The number of hydrogen-bond acceptors (Lipinski definition) is 2. The van der Waals surface area contributed by atoms with Crippen molar-refractivity contribution in [3.8, 4) is 0 Å². The average molecular weight is 413 g/mol. The van der Waals surface area contributed by atoms with Crippen molar-refractivity contribution in [1.29, 1.82) is 0 Å². The quantitative estimate of drug-likeness (QED) is 0.342. The molecule has 162 valence electrons. The van der Waals surface area contributed by atoms with Gasteiger partial charge >= 0.3 is 0 Å². The lowest BCUT2D eigenvalue weighted by molar-refractivity contribution is 0.587. The van der Waals surface area contributed by atoms with E-state index in [1.54, 1.807) is 0 Å². The van der Waals surface area contributed by atoms with Crippen molar-refractivity contribution in [3.05, 3.63) is 83.6 Å². The van der Waals surface area contributed by atoms with Gasteiger partial charge in [0.25, 0.3) is 0 Å². The highest BCUT2D eigenvalue weighted by molar-refractivity contribution is 6.05. The summed E-state index contributed by atoms with van der Waals surface area (Å²) in [5.41, 5.74) is 12.4. The van der Waals surface area contributed by atoms with E-state index in [0.717, 1.165) is 48.3 Å². The van der Waals surface area contributed by atoms with E-state index in [0.29, 0.717) is 11.8 Å². The fraction of sp³-hybridized carbons (Fsp3) is 0.379. The molecule has 3 rings (SSSR count). The van der Waals surface area contributed by atoms with E-state index in [9.17, 15) is 0 Å². The van der Waals surface area contributed by atoms with Gasteiger partial charge in [-0.2, -0.15) is 0 Å². The van der Waals surface area contributed by atoms with Gasteiger partial charge in [-0.1, -0.05) is 69.3 Å². The molecule has 1 N–H and O–H groups in total. The maximum Gasteiger partial charge on any atom is 0.0865 e. The van der Waals surface area contributed by atoms with Crippen LogP contribution < -0.4 is 5.32 Å². The molecule has 0 fully saturated rings. The van der Waals surface area contributed by atoms with Gasteiger partial charge in [-0.3, -0.25) is 4.99 Å². The second kappa shape index (κ2) is 10.5. The van der Waals surface area contributed by atoms with E-state index in [2.05, 4.69) is 87.4 Å². The van der Waals surface area contributed by atoms with Gasteiger partial charge in [-0.05, 0) is 73.4 Å². The Morgan fingerprint density at radius 2 is 1.87 bits per heavy atom. The second-order valence-electron chi connectivity index (χ2n) is 9.07. The first-order chi connectivity index (χ1) is 14.9. The highest BCUT2D eigenvalue weighted by Gasteiger charge is 2.22. The fourth-order valence-electron chi connectivity index (χ4n) is 4.04. The predicted octanol–water partition coefficient (Wildman–Crippen LogP) is 8.30. The third-order valence-corrected chi connectivity index (χ3v) is 6.19. The number of nitrogens with one attached hydrogen (secondary N) is 1. The van der Waals surface area contributed by atoms with E-state index in [1.807, 2.05) is 6.92 Å². The summed E-state index contributed by atoms with van der Waals surface area (Å²) in [6.07, 6.45) is 4.52. The summed E-state index contributed by atoms with van der Waals surface area (Å²) in [4.78, 5) is 5.19. The minimum absolute atomic E-state index is 0.374. The summed E-state index contributed by atoms with van der Waals surface area (Å²) >= 11 is 0. The number of benzene rings is 2. The molecule has 0 aromatic heterocycles. The van der Waals surface area contributed by atoms with Crippen molar-refractivity contribution in [2.24, 2.45) is 10.9 Å². The molecule has 2 aromatic carbocycles. The molecule has 1 unspecified atom stereocenters. The molecular weight excluding hydrogens is 376 g/mol. The Labute approximate surface area is 188 Å². The molecule has 2 aromatic rings. The first kappa shape index (κ1) is 22.8. The number of aliphatic imine (C=N–C) groups is 1. The standard InChI is InChI=1S/C29H36N2/c1-7-22(6)10-8-9-11-26-19-30-28-18-25(21(4)5)16-17-27(28)31-29(26)24-14-12-23(13-15-24)20(2)3/h12-18,20,26,30H,1,4,8-11,19H2,2-3,5-6H3. The zero-order chi connectivity index (χ0) is 22.4. The normalized spacial score (nSPS) is 15.4. The molecule has 1 heterocycles. The minimum atomic E-state index is 0.374. The van der Waals surface area contributed by atoms with Crippen molar-refractivity contribution in [3.63, 3.8) is 0 Å². The van der Waals surface area contributed by atoms with Gasteiger partial charge in [-0.15, -0.1) is 5.73 Å². The molecule has 1 aliphatic rings. The molecule has 0 saturated heterocycles. The maximum absolute atomic E-state index is 5.19. The van der Waals surface area contributed by atoms with Crippen LogP contribution in [0.15, 0.2) is 71.9 Å². The van der Waals surface area contributed by atoms with Gasteiger partial charge in [0.2, 0.25) is 0 Å². The molecule has 2 heteroatoms. The summed E-state index contributed by atoms with van der Waals surface area (Å²) in [6, 6.07) is 15.4. The number of hydrogen-bond donors (Lipinski definition) is 1. The van der Waals surface area contributed by atoms with Gasteiger partial charge in [0.05, 0.1) is 17.1 Å². The first-order valence-electron chi connectivity index (χ1n) is 11.5. The third kappa shape index (κ3) is 5.87. The van der Waals surface area contributed by atoms with Crippen LogP contribution in [-0.4, -0.2) is 12.3 Å². The molecular formula is C29H36N2. The summed E-state index contributed by atoms with van der Waals surface area (Å²) < 4.78 is 0. The fourth-order valence-corrected chi connectivity index (χ4v) is 4.04. The molecule has 0 bridgehead atoms. The number of unbranched alkanes of at least 4 members (excludes halogenated alkanes) is 1. The Balaban J connectivity index is 1.90. The predicted molar refractivity (Wildman–Crippen MR) is 137 cm³/mol. The highest BCUT2D eigenvalue weighted by Crippen LogP contribution is 2.34. The molecule has 0 amide bonds. The number of allylic oxidation sites excluding steroid dienone is 2. The van der Waals surface area contributed by atoms with Crippen molar-refractivity contribution in [2.75, 3.05) is 11.9 Å². The van der Waals surface area contributed by atoms with Crippen molar-refractivity contribution >= 4 is 22.7 Å². The second-order valence-corrected chi connectivity index (χ2v) is 9.07. The number of anilines is 1. The lowest BCUT2D eigenvalue weighted by atomic mass is 9.90. The van der Waals surface area contributed by atoms with Crippen LogP contribution in [0.4, 0.5) is 11.4 Å². The number of nitrogens with zero attached hydrogens (tertiary/aromatic N) is 1. The Morgan fingerprint density at radius 1 is 1.13 bits per heavy atom. The third-order valence-electron chi connectivity index (χ3n) is 6.19. The molecule has 0 spiro atoms. The van der Waals surface area contributed by atoms with Crippen molar-refractivity contribution < 1.29 is 0 Å². The molecule has 2 nitrogen and oxygen atoms in total. The number of rotatable bonds is 8. The van der Waals surface area contributed by atoms with Gasteiger partial charge in [0.15, 0.2) is 0 Å². The number of fused-ring (bicyclic) bond motifs is 1. The van der Waals surface area contributed by atoms with Crippen molar-refractivity contribution in [1.82, 2.24) is 0 Å². The molecule has 0 aliphatic carbocycles. The minimum Gasteiger partial charge on any atom is -0.383 e. The average Bonchev–Trinajstić information content (AvgIpc) is 2.95. The van der Waals surface area contributed by atoms with Crippen LogP contribution >= 0.6 is 0 Å². The first-order valence-corrected chi connectivity index (χ1v) is 11.5. The summed E-state index contributed by atoms with van der Waals surface area (Å²) in [6.45, 7) is 17.4. The smallest absolute Gasteiger partial charge is 0.0865 e. The Morgan fingerprint density at radius 3 is 2.52 bits per heavy atom. The van der Waals surface area contributed by atoms with Crippen LogP contribution in [0.5, 0.6) is 0 Å². The Bertz CT molecular complexity index is 1000. The van der Waals surface area contributed by atoms with Crippen LogP contribution in [0.1, 0.15) is 76.0 Å². The molecule has 1 aliphatic heterocycles. The maximum atomic E-state index is 5.19. The summed E-state index contributed by atoms with van der Waals surface area (Å²) in [5, 5.41) is 3.68. The SMILES string of the molecule is C=C=C(C)CCCCC1CNc2cc(C(=C)C)ccc2N=C1c1ccc(C(C)C)cc1. The van der Waals surface area contributed by atoms with E-state index >= 15 is 0 Å². The van der Waals surface area contributed by atoms with Crippen LogP contribution in [0.3, 0.4) is 0 Å². The van der Waals surface area contributed by atoms with E-state index in [-0.39, 0.29) is 0 Å². The summed E-state index contributed by atoms with van der Waals surface area (Å²) in [5.74, 6) is 0.906. The Kier molecular flexibility index (Phi) is 7.71. The lowest BCUT2D eigenvalue weighted by Gasteiger charge is -2.19. The molecule has 0 radical (unpaired) electrons. The topological polar surface area (TPSA) is 24.4 Å². The van der Waals surface area contributed by atoms with E-state index in [1.165, 1.54) is 28.8 Å². The van der Waals surface area contributed by atoms with Gasteiger partial charge < -0.3 is 5.32 Å². The molecule has 1 atom stereocenters. The van der Waals surface area contributed by atoms with Crippen LogP contribution in [-0.2, 0) is 0 Å². The van der Waals surface area contributed by atoms with Gasteiger partial charge in [0, 0.05) is 12.5 Å². The molecule has 31 heavy (non-hydrogen) atoms. The summed E-state index contributed by atoms with van der Waals surface area (Å²) in [7, 11) is 0. The highest BCUT2D eigenvalue weighted by atomic mass is 14.9. The van der Waals surface area contributed by atoms with Gasteiger partial charge in [0.1, 0.15) is 0 Å².